The van der Waals surface area contributed by atoms with E-state index in [0.717, 1.165) is 36.2 Å². The molecule has 1 aromatic carbocycles. The molecule has 0 amide bonds. The molecule has 30 heavy (non-hydrogen) atoms. The molecule has 1 atom stereocenters. The number of halogens is 2. The standard InChI is InChI=1S/C26H27F2NS/c27-24-15-19(16-25(28)26(24)30-17-29)6-5-18-7-9-21(10-8-18)23-13-11-22(12-14-23)20-3-1-2-4-20/h3,7,15-16,21-23H,1-2,4,8-14H2. The second-order valence-electron chi connectivity index (χ2n) is 8.76. The maximum Gasteiger partial charge on any atom is 0.142 e. The number of benzene rings is 1. The van der Waals surface area contributed by atoms with Gasteiger partial charge in [-0.1, -0.05) is 29.6 Å². The Labute approximate surface area is 182 Å². The van der Waals surface area contributed by atoms with E-state index in [0.29, 0.717) is 17.3 Å². The van der Waals surface area contributed by atoms with E-state index in [4.69, 9.17) is 5.26 Å². The van der Waals surface area contributed by atoms with Crippen molar-refractivity contribution < 1.29 is 8.78 Å². The molecule has 0 saturated heterocycles. The lowest BCUT2D eigenvalue weighted by Gasteiger charge is -2.35. The number of allylic oxidation sites excluding steroid dienone is 4. The largest absolute Gasteiger partial charge is 0.206 e. The van der Waals surface area contributed by atoms with Gasteiger partial charge in [-0.2, -0.15) is 5.26 Å². The molecule has 1 aromatic rings. The van der Waals surface area contributed by atoms with Crippen molar-refractivity contribution in [1.82, 2.24) is 0 Å². The minimum atomic E-state index is -0.729. The molecule has 1 saturated carbocycles. The Morgan fingerprint density at radius 1 is 0.900 bits per heavy atom. The molecule has 3 aliphatic carbocycles. The van der Waals surface area contributed by atoms with Crippen molar-refractivity contribution in [2.45, 2.75) is 69.1 Å². The Hall–Kier alpha value is -2.04. The summed E-state index contributed by atoms with van der Waals surface area (Å²) in [7, 11) is 0. The van der Waals surface area contributed by atoms with Gasteiger partial charge in [0.05, 0.1) is 4.90 Å². The van der Waals surface area contributed by atoms with Crippen molar-refractivity contribution >= 4 is 11.8 Å². The van der Waals surface area contributed by atoms with Crippen molar-refractivity contribution in [2.24, 2.45) is 17.8 Å². The first-order chi connectivity index (χ1) is 14.6. The zero-order valence-corrected chi connectivity index (χ0v) is 18.0. The van der Waals surface area contributed by atoms with Crippen LogP contribution in [0, 0.1) is 51.9 Å². The topological polar surface area (TPSA) is 23.8 Å². The molecule has 0 spiro atoms. The summed E-state index contributed by atoms with van der Waals surface area (Å²) in [5.41, 5.74) is 3.13. The number of nitrogens with zero attached hydrogens (tertiary/aromatic N) is 1. The van der Waals surface area contributed by atoms with Crippen LogP contribution in [0.15, 0.2) is 40.3 Å². The predicted molar refractivity (Wildman–Crippen MR) is 118 cm³/mol. The molecule has 156 valence electrons. The maximum absolute atomic E-state index is 13.9. The van der Waals surface area contributed by atoms with Crippen LogP contribution in [0.2, 0.25) is 0 Å². The van der Waals surface area contributed by atoms with Gasteiger partial charge in [0.2, 0.25) is 0 Å². The van der Waals surface area contributed by atoms with E-state index < -0.39 is 11.6 Å². The molecule has 0 heterocycles. The Morgan fingerprint density at radius 3 is 2.27 bits per heavy atom. The Kier molecular flexibility index (Phi) is 6.96. The summed E-state index contributed by atoms with van der Waals surface area (Å²) in [5, 5.41) is 10.3. The summed E-state index contributed by atoms with van der Waals surface area (Å²) in [6.45, 7) is 0. The number of hydrogen-bond acceptors (Lipinski definition) is 2. The molecule has 4 heteroatoms. The van der Waals surface area contributed by atoms with Crippen molar-refractivity contribution in [3.8, 4) is 17.2 Å². The number of thiocyanates is 1. The fourth-order valence-electron chi connectivity index (χ4n) is 5.35. The van der Waals surface area contributed by atoms with Crippen molar-refractivity contribution in [1.29, 1.82) is 5.26 Å². The SMILES string of the molecule is N#CSc1c(F)cc(C#CC2=CCC(C3CCC(C4=CCCC4)CC3)CC2)cc1F. The Bertz CT molecular complexity index is 928. The highest BCUT2D eigenvalue weighted by Crippen LogP contribution is 2.43. The third kappa shape index (κ3) is 4.98. The van der Waals surface area contributed by atoms with Crippen LogP contribution in [0.3, 0.4) is 0 Å². The molecule has 0 bridgehead atoms. The van der Waals surface area contributed by atoms with E-state index in [9.17, 15) is 8.78 Å². The van der Waals surface area contributed by atoms with Crippen LogP contribution in [-0.4, -0.2) is 0 Å². The van der Waals surface area contributed by atoms with Crippen LogP contribution >= 0.6 is 11.8 Å². The van der Waals surface area contributed by atoms with E-state index in [2.05, 4.69) is 24.0 Å². The van der Waals surface area contributed by atoms with Gasteiger partial charge in [0.15, 0.2) is 0 Å². The van der Waals surface area contributed by atoms with Gasteiger partial charge in [0.25, 0.3) is 0 Å². The van der Waals surface area contributed by atoms with E-state index >= 15 is 0 Å². The fourth-order valence-corrected chi connectivity index (χ4v) is 5.76. The van der Waals surface area contributed by atoms with Crippen LogP contribution < -0.4 is 0 Å². The van der Waals surface area contributed by atoms with Gasteiger partial charge in [-0.3, -0.25) is 0 Å². The molecule has 3 aliphatic rings. The van der Waals surface area contributed by atoms with Gasteiger partial charge in [-0.15, -0.1) is 0 Å². The lowest BCUT2D eigenvalue weighted by molar-refractivity contribution is 0.205. The van der Waals surface area contributed by atoms with E-state index in [1.54, 1.807) is 11.0 Å². The first-order valence-electron chi connectivity index (χ1n) is 11.1. The lowest BCUT2D eigenvalue weighted by atomic mass is 9.70. The molecule has 1 nitrogen and oxygen atoms in total. The first kappa shape index (κ1) is 21.2. The number of thioether (sulfide) groups is 1. The molecular weight excluding hydrogens is 396 g/mol. The minimum Gasteiger partial charge on any atom is -0.206 e. The molecule has 1 fully saturated rings. The van der Waals surface area contributed by atoms with Crippen molar-refractivity contribution in [3.63, 3.8) is 0 Å². The lowest BCUT2D eigenvalue weighted by Crippen LogP contribution is -2.23. The van der Waals surface area contributed by atoms with E-state index in [-0.39, 0.29) is 4.90 Å². The smallest absolute Gasteiger partial charge is 0.142 e. The summed E-state index contributed by atoms with van der Waals surface area (Å²) in [5.74, 6) is 6.99. The average Bonchev–Trinajstić information content (AvgIpc) is 3.30. The van der Waals surface area contributed by atoms with Gasteiger partial charge in [0, 0.05) is 5.56 Å². The van der Waals surface area contributed by atoms with Crippen LogP contribution in [0.5, 0.6) is 0 Å². The van der Waals surface area contributed by atoms with Gasteiger partial charge >= 0.3 is 0 Å². The Balaban J connectivity index is 1.32. The fraction of sp³-hybridized carbons (Fsp3) is 0.500. The molecule has 0 radical (unpaired) electrons. The summed E-state index contributed by atoms with van der Waals surface area (Å²) < 4.78 is 27.9. The highest BCUT2D eigenvalue weighted by atomic mass is 32.2. The van der Waals surface area contributed by atoms with Gasteiger partial charge < -0.3 is 0 Å². The average molecular weight is 424 g/mol. The summed E-state index contributed by atoms with van der Waals surface area (Å²) in [6, 6.07) is 2.42. The monoisotopic (exact) mass is 423 g/mol. The third-order valence-electron chi connectivity index (χ3n) is 7.00. The van der Waals surface area contributed by atoms with Crippen molar-refractivity contribution in [3.05, 3.63) is 52.6 Å². The first-order valence-corrected chi connectivity index (χ1v) is 11.9. The highest BCUT2D eigenvalue weighted by molar-refractivity contribution is 8.03. The van der Waals surface area contributed by atoms with Crippen LogP contribution in [0.1, 0.15) is 69.8 Å². The normalized spacial score (nSPS) is 26.2. The van der Waals surface area contributed by atoms with Gasteiger partial charge in [0.1, 0.15) is 17.0 Å². The number of nitriles is 1. The summed E-state index contributed by atoms with van der Waals surface area (Å²) in [4.78, 5) is -0.262. The molecule has 0 aromatic heterocycles. The van der Waals surface area contributed by atoms with Crippen LogP contribution in [0.4, 0.5) is 8.78 Å². The molecule has 4 rings (SSSR count). The van der Waals surface area contributed by atoms with Gasteiger partial charge in [-0.05, 0) is 111 Å². The number of rotatable bonds is 3. The second kappa shape index (κ2) is 9.84. The highest BCUT2D eigenvalue weighted by Gasteiger charge is 2.30. The van der Waals surface area contributed by atoms with Crippen LogP contribution in [-0.2, 0) is 0 Å². The van der Waals surface area contributed by atoms with Crippen LogP contribution in [0.25, 0.3) is 0 Å². The van der Waals surface area contributed by atoms with Crippen molar-refractivity contribution in [2.75, 3.05) is 0 Å². The predicted octanol–water partition coefficient (Wildman–Crippen LogP) is 7.53. The molecule has 0 N–H and O–H groups in total. The zero-order chi connectivity index (χ0) is 20.9. The summed E-state index contributed by atoms with van der Waals surface area (Å²) in [6.07, 6.45) is 17.3. The van der Waals surface area contributed by atoms with Gasteiger partial charge in [-0.25, -0.2) is 8.78 Å². The molecule has 0 aliphatic heterocycles. The Morgan fingerprint density at radius 2 is 1.67 bits per heavy atom. The minimum absolute atomic E-state index is 0.262. The quantitative estimate of drug-likeness (QED) is 0.217. The number of hydrogen-bond donors (Lipinski definition) is 0. The molecule has 1 unspecified atom stereocenters. The zero-order valence-electron chi connectivity index (χ0n) is 17.2. The van der Waals surface area contributed by atoms with E-state index in [1.165, 1.54) is 63.5 Å². The molecular formula is C26H27F2NS. The summed E-state index contributed by atoms with van der Waals surface area (Å²) >= 11 is 0.497. The third-order valence-corrected chi connectivity index (χ3v) is 7.69. The second-order valence-corrected chi connectivity index (χ2v) is 9.55. The maximum atomic E-state index is 13.9. The van der Waals surface area contributed by atoms with E-state index in [1.807, 2.05) is 0 Å².